The number of hydrogen-bond donors (Lipinski definition) is 1. The lowest BCUT2D eigenvalue weighted by molar-refractivity contribution is -0.141. The van der Waals surface area contributed by atoms with Gasteiger partial charge >= 0.3 is 0 Å². The van der Waals surface area contributed by atoms with Gasteiger partial charge in [0.15, 0.2) is 0 Å². The van der Waals surface area contributed by atoms with E-state index in [1.165, 1.54) is 12.5 Å². The van der Waals surface area contributed by atoms with Gasteiger partial charge in [0.2, 0.25) is 11.8 Å². The van der Waals surface area contributed by atoms with Crippen molar-refractivity contribution < 1.29 is 18.7 Å². The highest BCUT2D eigenvalue weighted by Gasteiger charge is 2.30. The Kier molecular flexibility index (Phi) is 8.65. The Hall–Kier alpha value is -2.89. The van der Waals surface area contributed by atoms with E-state index in [-0.39, 0.29) is 30.8 Å². The van der Waals surface area contributed by atoms with Gasteiger partial charge in [0, 0.05) is 12.6 Å². The minimum absolute atomic E-state index is 0.0873. The molecule has 172 valence electrons. The van der Waals surface area contributed by atoms with Crippen molar-refractivity contribution >= 4 is 11.8 Å². The standard InChI is InChI=1S/C26H33FN2O3/c1-3-24(26(31)28-21-10-5-4-6-11-21)29(18-19-13-15-22(32-2)16-14-19)25(30)17-20-9-7-8-12-23(20)27/h7-9,12-16,21,24H,3-6,10-11,17-18H2,1-2H3,(H,28,31). The molecule has 0 bridgehead atoms. The van der Waals surface area contributed by atoms with Crippen LogP contribution in [-0.4, -0.2) is 35.9 Å². The van der Waals surface area contributed by atoms with E-state index >= 15 is 0 Å². The summed E-state index contributed by atoms with van der Waals surface area (Å²) >= 11 is 0. The van der Waals surface area contributed by atoms with Crippen molar-refractivity contribution in [1.29, 1.82) is 0 Å². The van der Waals surface area contributed by atoms with Gasteiger partial charge in [0.25, 0.3) is 0 Å². The summed E-state index contributed by atoms with van der Waals surface area (Å²) < 4.78 is 19.4. The molecule has 32 heavy (non-hydrogen) atoms. The third-order valence-electron chi connectivity index (χ3n) is 6.15. The molecular weight excluding hydrogens is 407 g/mol. The van der Waals surface area contributed by atoms with Crippen LogP contribution in [0.15, 0.2) is 48.5 Å². The number of nitrogens with one attached hydrogen (secondary N) is 1. The van der Waals surface area contributed by atoms with Gasteiger partial charge in [-0.05, 0) is 48.6 Å². The fourth-order valence-corrected chi connectivity index (χ4v) is 4.30. The van der Waals surface area contributed by atoms with Crippen molar-refractivity contribution in [3.8, 4) is 5.75 Å². The van der Waals surface area contributed by atoms with E-state index < -0.39 is 11.9 Å². The first-order chi connectivity index (χ1) is 15.5. The molecular formula is C26H33FN2O3. The van der Waals surface area contributed by atoms with Crippen LogP contribution in [0.4, 0.5) is 4.39 Å². The monoisotopic (exact) mass is 440 g/mol. The van der Waals surface area contributed by atoms with Crippen LogP contribution in [0, 0.1) is 5.82 Å². The van der Waals surface area contributed by atoms with Gasteiger partial charge in [-0.15, -0.1) is 0 Å². The Morgan fingerprint density at radius 3 is 2.41 bits per heavy atom. The van der Waals surface area contributed by atoms with Crippen molar-refractivity contribution in [3.63, 3.8) is 0 Å². The minimum Gasteiger partial charge on any atom is -0.497 e. The second-order valence-corrected chi connectivity index (χ2v) is 8.41. The van der Waals surface area contributed by atoms with E-state index in [2.05, 4.69) is 5.32 Å². The Balaban J connectivity index is 1.81. The van der Waals surface area contributed by atoms with Crippen LogP contribution in [0.5, 0.6) is 5.75 Å². The van der Waals surface area contributed by atoms with E-state index in [4.69, 9.17) is 4.74 Å². The second kappa shape index (κ2) is 11.7. The van der Waals surface area contributed by atoms with Crippen LogP contribution in [0.1, 0.15) is 56.6 Å². The van der Waals surface area contributed by atoms with Gasteiger partial charge < -0.3 is 15.0 Å². The van der Waals surface area contributed by atoms with Gasteiger partial charge in [0.1, 0.15) is 17.6 Å². The highest BCUT2D eigenvalue weighted by Crippen LogP contribution is 2.21. The van der Waals surface area contributed by atoms with Gasteiger partial charge in [-0.25, -0.2) is 4.39 Å². The minimum atomic E-state index is -0.613. The van der Waals surface area contributed by atoms with Gasteiger partial charge in [-0.2, -0.15) is 0 Å². The first-order valence-corrected chi connectivity index (χ1v) is 11.5. The third kappa shape index (κ3) is 6.31. The van der Waals surface area contributed by atoms with Crippen LogP contribution >= 0.6 is 0 Å². The molecule has 0 saturated heterocycles. The third-order valence-corrected chi connectivity index (χ3v) is 6.15. The molecule has 1 atom stereocenters. The largest absolute Gasteiger partial charge is 0.497 e. The Labute approximate surface area is 190 Å². The van der Waals surface area contributed by atoms with Crippen LogP contribution in [-0.2, 0) is 22.6 Å². The number of rotatable bonds is 9. The zero-order valence-corrected chi connectivity index (χ0v) is 19.0. The molecule has 1 N–H and O–H groups in total. The molecule has 0 aliphatic heterocycles. The summed E-state index contributed by atoms with van der Waals surface area (Å²) in [5, 5.41) is 3.16. The summed E-state index contributed by atoms with van der Waals surface area (Å²) in [5.74, 6) is -0.0867. The van der Waals surface area contributed by atoms with Gasteiger partial charge in [-0.1, -0.05) is 56.5 Å². The lowest BCUT2D eigenvalue weighted by Gasteiger charge is -2.33. The number of methoxy groups -OCH3 is 1. The molecule has 2 aromatic carbocycles. The number of halogens is 1. The van der Waals surface area contributed by atoms with Crippen molar-refractivity contribution in [3.05, 3.63) is 65.5 Å². The highest BCUT2D eigenvalue weighted by molar-refractivity contribution is 5.88. The number of hydrogen-bond acceptors (Lipinski definition) is 3. The molecule has 2 amide bonds. The predicted molar refractivity (Wildman–Crippen MR) is 123 cm³/mol. The molecule has 5 nitrogen and oxygen atoms in total. The van der Waals surface area contributed by atoms with Crippen LogP contribution in [0.2, 0.25) is 0 Å². The van der Waals surface area contributed by atoms with Crippen LogP contribution in [0.3, 0.4) is 0 Å². The Morgan fingerprint density at radius 1 is 1.09 bits per heavy atom. The van der Waals surface area contributed by atoms with E-state index in [1.807, 2.05) is 31.2 Å². The molecule has 0 heterocycles. The number of ether oxygens (including phenoxy) is 1. The van der Waals surface area contributed by atoms with Gasteiger partial charge in [-0.3, -0.25) is 9.59 Å². The summed E-state index contributed by atoms with van der Waals surface area (Å²) in [5.41, 5.74) is 1.22. The van der Waals surface area contributed by atoms with E-state index in [9.17, 15) is 14.0 Å². The number of carbonyl (C=O) groups is 2. The van der Waals surface area contributed by atoms with Crippen LogP contribution < -0.4 is 10.1 Å². The normalized spacial score (nSPS) is 15.1. The highest BCUT2D eigenvalue weighted by atomic mass is 19.1. The maximum atomic E-state index is 14.2. The molecule has 1 fully saturated rings. The maximum absolute atomic E-state index is 14.2. The average molecular weight is 441 g/mol. The molecule has 3 rings (SSSR count). The average Bonchev–Trinajstić information content (AvgIpc) is 2.81. The number of carbonyl (C=O) groups excluding carboxylic acids is 2. The van der Waals surface area contributed by atoms with Crippen molar-refractivity contribution in [2.24, 2.45) is 0 Å². The first-order valence-electron chi connectivity index (χ1n) is 11.5. The lowest BCUT2D eigenvalue weighted by Crippen LogP contribution is -2.52. The quantitative estimate of drug-likeness (QED) is 0.618. The molecule has 0 spiro atoms. The molecule has 1 saturated carbocycles. The SMILES string of the molecule is CCC(C(=O)NC1CCCCC1)N(Cc1ccc(OC)cc1)C(=O)Cc1ccccc1F. The van der Waals surface area contributed by atoms with Crippen molar-refractivity contribution in [2.45, 2.75) is 70.5 Å². The van der Waals surface area contributed by atoms with Crippen LogP contribution in [0.25, 0.3) is 0 Å². The molecule has 1 aliphatic rings. The molecule has 1 aliphatic carbocycles. The molecule has 0 aromatic heterocycles. The van der Waals surface area contributed by atoms with Crippen molar-refractivity contribution in [2.75, 3.05) is 7.11 Å². The topological polar surface area (TPSA) is 58.6 Å². The summed E-state index contributed by atoms with van der Waals surface area (Å²) in [4.78, 5) is 28.1. The molecule has 1 unspecified atom stereocenters. The molecule has 6 heteroatoms. The molecule has 2 aromatic rings. The summed E-state index contributed by atoms with van der Waals surface area (Å²) in [6, 6.07) is 13.3. The molecule has 0 radical (unpaired) electrons. The zero-order chi connectivity index (χ0) is 22.9. The fourth-order valence-electron chi connectivity index (χ4n) is 4.30. The number of nitrogens with zero attached hydrogens (tertiary/aromatic N) is 1. The second-order valence-electron chi connectivity index (χ2n) is 8.41. The maximum Gasteiger partial charge on any atom is 0.243 e. The Bertz CT molecular complexity index is 894. The summed E-state index contributed by atoms with van der Waals surface area (Å²) in [6.45, 7) is 2.18. The van der Waals surface area contributed by atoms with E-state index in [0.717, 1.165) is 37.0 Å². The van der Waals surface area contributed by atoms with E-state index in [0.29, 0.717) is 12.0 Å². The van der Waals surface area contributed by atoms with E-state index in [1.54, 1.807) is 30.2 Å². The summed E-state index contributed by atoms with van der Waals surface area (Å²) in [7, 11) is 1.60. The van der Waals surface area contributed by atoms with Gasteiger partial charge in [0.05, 0.1) is 13.5 Å². The Morgan fingerprint density at radius 2 is 1.78 bits per heavy atom. The summed E-state index contributed by atoms with van der Waals surface area (Å²) in [6.07, 6.45) is 5.78. The smallest absolute Gasteiger partial charge is 0.243 e. The first kappa shape index (κ1) is 23.8. The fraction of sp³-hybridized carbons (Fsp3) is 0.462. The number of benzene rings is 2. The lowest BCUT2D eigenvalue weighted by atomic mass is 9.95. The zero-order valence-electron chi connectivity index (χ0n) is 19.0. The predicted octanol–water partition coefficient (Wildman–Crippen LogP) is 4.63. The van der Waals surface area contributed by atoms with Crippen molar-refractivity contribution in [1.82, 2.24) is 10.2 Å². The number of amides is 2.